The third-order valence-electron chi connectivity index (χ3n) is 5.49. The number of carbonyl (C=O) groups is 1. The van der Waals surface area contributed by atoms with Crippen LogP contribution in [0.2, 0.25) is 0 Å². The van der Waals surface area contributed by atoms with Crippen LogP contribution < -0.4 is 4.74 Å². The lowest BCUT2D eigenvalue weighted by atomic mass is 9.97. The predicted octanol–water partition coefficient (Wildman–Crippen LogP) is 3.91. The normalized spacial score (nSPS) is 25.0. The zero-order chi connectivity index (χ0) is 17.4. The number of hydrogen-bond donors (Lipinski definition) is 0. The zero-order valence-corrected chi connectivity index (χ0v) is 14.8. The van der Waals surface area contributed by atoms with Gasteiger partial charge in [-0.05, 0) is 50.5 Å². The summed E-state index contributed by atoms with van der Waals surface area (Å²) in [7, 11) is 0. The number of pyridine rings is 1. The van der Waals surface area contributed by atoms with Crippen molar-refractivity contribution >= 4 is 5.91 Å². The smallest absolute Gasteiger partial charge is 0.254 e. The number of aromatic nitrogens is 1. The lowest BCUT2D eigenvalue weighted by molar-refractivity contribution is 0.0358. The Morgan fingerprint density at radius 2 is 1.76 bits per heavy atom. The number of piperidine rings is 1. The molecule has 130 valence electrons. The van der Waals surface area contributed by atoms with Gasteiger partial charge in [0.1, 0.15) is 11.9 Å². The molecule has 25 heavy (non-hydrogen) atoms. The Morgan fingerprint density at radius 3 is 2.40 bits per heavy atom. The minimum Gasteiger partial charge on any atom is -0.490 e. The lowest BCUT2D eigenvalue weighted by Crippen LogP contribution is -2.49. The molecule has 2 fully saturated rings. The Morgan fingerprint density at radius 1 is 1.08 bits per heavy atom. The van der Waals surface area contributed by atoms with E-state index in [1.807, 2.05) is 31.2 Å². The summed E-state index contributed by atoms with van der Waals surface area (Å²) in [5.41, 5.74) is 3.11. The molecular formula is C21H24N2O2. The standard InChI is InChI=1S/C21H24N2O2/c1-14-3-6-20(15(2)11-14)21(24)23-16-4-5-17(23)13-19(12-16)25-18-7-9-22-10-8-18/h3,6-11,16-17,19H,4-5,12-13H2,1-2H3. The van der Waals surface area contributed by atoms with Gasteiger partial charge in [0.2, 0.25) is 0 Å². The molecule has 0 aliphatic carbocycles. The van der Waals surface area contributed by atoms with Crippen LogP contribution in [0.5, 0.6) is 5.75 Å². The second kappa shape index (κ2) is 6.51. The number of fused-ring (bicyclic) bond motifs is 2. The Bertz CT molecular complexity index is 761. The maximum absolute atomic E-state index is 13.1. The minimum absolute atomic E-state index is 0.183. The number of amides is 1. The van der Waals surface area contributed by atoms with Gasteiger partial charge in [0, 0.05) is 42.9 Å². The molecule has 2 unspecified atom stereocenters. The van der Waals surface area contributed by atoms with Gasteiger partial charge in [0.05, 0.1) is 0 Å². The van der Waals surface area contributed by atoms with Crippen molar-refractivity contribution in [1.82, 2.24) is 9.88 Å². The summed E-state index contributed by atoms with van der Waals surface area (Å²) >= 11 is 0. The fraction of sp³-hybridized carbons (Fsp3) is 0.429. The van der Waals surface area contributed by atoms with E-state index in [2.05, 4.69) is 22.9 Å². The van der Waals surface area contributed by atoms with E-state index < -0.39 is 0 Å². The van der Waals surface area contributed by atoms with E-state index >= 15 is 0 Å². The van der Waals surface area contributed by atoms with E-state index in [1.165, 1.54) is 5.56 Å². The average Bonchev–Trinajstić information content (AvgIpc) is 2.86. The van der Waals surface area contributed by atoms with Crippen molar-refractivity contribution in [2.75, 3.05) is 0 Å². The third kappa shape index (κ3) is 3.13. The summed E-state index contributed by atoms with van der Waals surface area (Å²) in [6.07, 6.45) is 7.67. The van der Waals surface area contributed by atoms with Gasteiger partial charge in [-0.25, -0.2) is 0 Å². The first-order valence-corrected chi connectivity index (χ1v) is 9.08. The van der Waals surface area contributed by atoms with Gasteiger partial charge in [0.25, 0.3) is 5.91 Å². The van der Waals surface area contributed by atoms with Gasteiger partial charge in [-0.2, -0.15) is 0 Å². The molecule has 2 aliphatic rings. The summed E-state index contributed by atoms with van der Waals surface area (Å²) in [5, 5.41) is 0. The summed E-state index contributed by atoms with van der Waals surface area (Å²) in [4.78, 5) is 19.3. The molecule has 2 aromatic rings. The van der Waals surface area contributed by atoms with Crippen molar-refractivity contribution in [3.8, 4) is 5.75 Å². The Hall–Kier alpha value is -2.36. The van der Waals surface area contributed by atoms with E-state index in [9.17, 15) is 4.79 Å². The molecule has 4 nitrogen and oxygen atoms in total. The van der Waals surface area contributed by atoms with Crippen LogP contribution in [-0.4, -0.2) is 34.0 Å². The second-order valence-corrected chi connectivity index (χ2v) is 7.31. The summed E-state index contributed by atoms with van der Waals surface area (Å²) in [6, 6.07) is 10.5. The fourth-order valence-electron chi connectivity index (χ4n) is 4.36. The Labute approximate surface area is 148 Å². The van der Waals surface area contributed by atoms with Crippen molar-refractivity contribution < 1.29 is 9.53 Å². The van der Waals surface area contributed by atoms with Gasteiger partial charge < -0.3 is 9.64 Å². The Kier molecular flexibility index (Phi) is 4.20. The third-order valence-corrected chi connectivity index (χ3v) is 5.49. The molecule has 2 atom stereocenters. The number of aryl methyl sites for hydroxylation is 2. The van der Waals surface area contributed by atoms with E-state index in [0.29, 0.717) is 12.1 Å². The highest BCUT2D eigenvalue weighted by molar-refractivity contribution is 5.96. The van der Waals surface area contributed by atoms with Crippen LogP contribution in [0.15, 0.2) is 42.7 Å². The van der Waals surface area contributed by atoms with Crippen molar-refractivity contribution in [2.45, 2.75) is 57.7 Å². The van der Waals surface area contributed by atoms with Crippen molar-refractivity contribution in [3.05, 3.63) is 59.4 Å². The monoisotopic (exact) mass is 336 g/mol. The summed E-state index contributed by atoms with van der Waals surface area (Å²) < 4.78 is 6.13. The molecule has 2 aliphatic heterocycles. The molecule has 1 aromatic carbocycles. The van der Waals surface area contributed by atoms with E-state index in [4.69, 9.17) is 4.74 Å². The van der Waals surface area contributed by atoms with Crippen LogP contribution in [0.25, 0.3) is 0 Å². The first-order chi connectivity index (χ1) is 12.1. The molecule has 3 heterocycles. The molecule has 0 saturated carbocycles. The summed E-state index contributed by atoms with van der Waals surface area (Å²) in [5.74, 6) is 1.06. The number of carbonyl (C=O) groups excluding carboxylic acids is 1. The van der Waals surface area contributed by atoms with Crippen LogP contribution >= 0.6 is 0 Å². The number of rotatable bonds is 3. The predicted molar refractivity (Wildman–Crippen MR) is 96.8 cm³/mol. The van der Waals surface area contributed by atoms with Crippen LogP contribution in [-0.2, 0) is 0 Å². The van der Waals surface area contributed by atoms with Gasteiger partial charge >= 0.3 is 0 Å². The SMILES string of the molecule is Cc1ccc(C(=O)N2C3CCC2CC(Oc2ccncc2)C3)c(C)c1. The van der Waals surface area contributed by atoms with Crippen LogP contribution in [0.3, 0.4) is 0 Å². The van der Waals surface area contributed by atoms with Crippen molar-refractivity contribution in [2.24, 2.45) is 0 Å². The highest BCUT2D eigenvalue weighted by Crippen LogP contribution is 2.38. The molecule has 0 radical (unpaired) electrons. The average molecular weight is 336 g/mol. The van der Waals surface area contributed by atoms with Crippen LogP contribution in [0.4, 0.5) is 0 Å². The van der Waals surface area contributed by atoms with Gasteiger partial charge in [-0.15, -0.1) is 0 Å². The van der Waals surface area contributed by atoms with Gasteiger partial charge in [0.15, 0.2) is 0 Å². The van der Waals surface area contributed by atoms with Crippen molar-refractivity contribution in [3.63, 3.8) is 0 Å². The molecule has 1 amide bonds. The van der Waals surface area contributed by atoms with Crippen molar-refractivity contribution in [1.29, 1.82) is 0 Å². The van der Waals surface area contributed by atoms with Gasteiger partial charge in [-0.3, -0.25) is 9.78 Å². The van der Waals surface area contributed by atoms with Crippen LogP contribution in [0, 0.1) is 13.8 Å². The highest BCUT2D eigenvalue weighted by atomic mass is 16.5. The quantitative estimate of drug-likeness (QED) is 0.853. The molecular weight excluding hydrogens is 312 g/mol. The maximum atomic E-state index is 13.1. The molecule has 0 N–H and O–H groups in total. The molecule has 2 bridgehead atoms. The molecule has 4 rings (SSSR count). The second-order valence-electron chi connectivity index (χ2n) is 7.31. The molecule has 1 aromatic heterocycles. The first-order valence-electron chi connectivity index (χ1n) is 9.08. The first kappa shape index (κ1) is 16.1. The van der Waals surface area contributed by atoms with Crippen LogP contribution in [0.1, 0.15) is 47.2 Å². The highest BCUT2D eigenvalue weighted by Gasteiger charge is 2.44. The number of nitrogens with zero attached hydrogens (tertiary/aromatic N) is 2. The topological polar surface area (TPSA) is 42.4 Å². The van der Waals surface area contributed by atoms with E-state index in [0.717, 1.165) is 42.6 Å². The van der Waals surface area contributed by atoms with Gasteiger partial charge in [-0.1, -0.05) is 17.7 Å². The summed E-state index contributed by atoms with van der Waals surface area (Å²) in [6.45, 7) is 4.09. The molecule has 2 saturated heterocycles. The number of ether oxygens (including phenoxy) is 1. The van der Waals surface area contributed by atoms with E-state index in [-0.39, 0.29) is 12.0 Å². The minimum atomic E-state index is 0.183. The fourth-order valence-corrected chi connectivity index (χ4v) is 4.36. The maximum Gasteiger partial charge on any atom is 0.254 e. The number of benzene rings is 1. The van der Waals surface area contributed by atoms with E-state index in [1.54, 1.807) is 12.4 Å². The molecule has 4 heteroatoms. The largest absolute Gasteiger partial charge is 0.490 e. The Balaban J connectivity index is 1.49. The lowest BCUT2D eigenvalue weighted by Gasteiger charge is -2.39. The zero-order valence-electron chi connectivity index (χ0n) is 14.8. The molecule has 0 spiro atoms. The number of hydrogen-bond acceptors (Lipinski definition) is 3.